The monoisotopic (exact) mass is 601 g/mol. The molecule has 11 rings (SSSR count). The summed E-state index contributed by atoms with van der Waals surface area (Å²) in [5.41, 5.74) is 12.8. The summed E-state index contributed by atoms with van der Waals surface area (Å²) in [4.78, 5) is 16.1. The summed E-state index contributed by atoms with van der Waals surface area (Å²) in [6, 6.07) is 37.5. The second-order valence-corrected chi connectivity index (χ2v) is 15.8. The Balaban J connectivity index is 1.07. The molecule has 46 heavy (non-hydrogen) atoms. The lowest BCUT2D eigenvalue weighted by molar-refractivity contribution is -0.00749. The van der Waals surface area contributed by atoms with Crippen LogP contribution in [0.3, 0.4) is 0 Å². The third kappa shape index (κ3) is 4.20. The molecule has 5 aromatic rings. The lowest BCUT2D eigenvalue weighted by Crippen LogP contribution is -2.51. The number of hydrogen-bond acceptors (Lipinski definition) is 3. The predicted octanol–water partition coefficient (Wildman–Crippen LogP) is 10.1. The van der Waals surface area contributed by atoms with Gasteiger partial charge in [-0.15, -0.1) is 0 Å². The second-order valence-electron chi connectivity index (χ2n) is 15.8. The lowest BCUT2D eigenvalue weighted by Gasteiger charge is -2.60. The van der Waals surface area contributed by atoms with Crippen molar-refractivity contribution < 1.29 is 0 Å². The van der Waals surface area contributed by atoms with Gasteiger partial charge < -0.3 is 0 Å². The Kier molecular flexibility index (Phi) is 6.24. The highest BCUT2D eigenvalue weighted by Crippen LogP contribution is 2.68. The fraction of sp³-hybridized carbons (Fsp3) is 0.372. The molecular formula is C43H43N3. The number of benzene rings is 2. The Bertz CT molecular complexity index is 1800. The molecule has 4 bridgehead atoms. The van der Waals surface area contributed by atoms with Crippen LogP contribution in [0.1, 0.15) is 97.8 Å². The highest BCUT2D eigenvalue weighted by atomic mass is 14.9. The standard InChI is InChI=1S/C43H43N3/c1-42(2)32-24-34(42)30(22-26-12-7-5-8-13-26)40-28(32)18-20-38(45-40)36-16-11-17-37(44-36)39-21-19-29-33-25-35(43(33,3)4)31(41(29)46-39)23-27-14-9-6-10-15-27/h5-21,30-35H,22-25H2,1-4H3/t30-,31-,32-,33-,34+,35+/m0/s1. The summed E-state index contributed by atoms with van der Waals surface area (Å²) in [6.45, 7) is 9.86. The van der Waals surface area contributed by atoms with E-state index in [1.165, 1.54) is 46.5 Å². The van der Waals surface area contributed by atoms with E-state index in [1.807, 2.05) is 0 Å². The fourth-order valence-corrected chi connectivity index (χ4v) is 10.1. The van der Waals surface area contributed by atoms with Gasteiger partial charge in [0.25, 0.3) is 0 Å². The van der Waals surface area contributed by atoms with Crippen LogP contribution in [-0.4, -0.2) is 15.0 Å². The van der Waals surface area contributed by atoms with Crippen LogP contribution in [0, 0.1) is 22.7 Å². The highest BCUT2D eigenvalue weighted by Gasteiger charge is 2.58. The molecule has 6 aliphatic rings. The summed E-state index contributed by atoms with van der Waals surface area (Å²) < 4.78 is 0. The van der Waals surface area contributed by atoms with Gasteiger partial charge in [-0.25, -0.2) is 4.98 Å². The maximum Gasteiger partial charge on any atom is 0.0894 e. The summed E-state index contributed by atoms with van der Waals surface area (Å²) >= 11 is 0. The van der Waals surface area contributed by atoms with Crippen molar-refractivity contribution in [3.8, 4) is 22.8 Å². The van der Waals surface area contributed by atoms with Crippen LogP contribution in [0.2, 0.25) is 0 Å². The molecule has 6 aliphatic carbocycles. The van der Waals surface area contributed by atoms with Gasteiger partial charge in [-0.05, 0) is 107 Å². The van der Waals surface area contributed by atoms with E-state index in [0.29, 0.717) is 46.3 Å². The maximum absolute atomic E-state index is 5.42. The first-order valence-electron chi connectivity index (χ1n) is 17.4. The Morgan fingerprint density at radius 1 is 0.478 bits per heavy atom. The third-order valence-corrected chi connectivity index (χ3v) is 12.9. The van der Waals surface area contributed by atoms with Crippen molar-refractivity contribution in [2.75, 3.05) is 0 Å². The molecule has 2 fully saturated rings. The van der Waals surface area contributed by atoms with E-state index in [1.54, 1.807) is 0 Å². The van der Waals surface area contributed by atoms with E-state index >= 15 is 0 Å². The largest absolute Gasteiger partial charge is 0.251 e. The molecular weight excluding hydrogens is 558 g/mol. The van der Waals surface area contributed by atoms with Crippen molar-refractivity contribution in [3.63, 3.8) is 0 Å². The second kappa shape index (κ2) is 10.2. The smallest absolute Gasteiger partial charge is 0.0894 e. The highest BCUT2D eigenvalue weighted by molar-refractivity contribution is 5.64. The minimum absolute atomic E-state index is 0.320. The molecule has 3 nitrogen and oxygen atoms in total. The molecule has 0 aliphatic heterocycles. The summed E-state index contributed by atoms with van der Waals surface area (Å²) in [5, 5.41) is 0. The average molecular weight is 602 g/mol. The number of aromatic nitrogens is 3. The van der Waals surface area contributed by atoms with E-state index in [0.717, 1.165) is 35.6 Å². The van der Waals surface area contributed by atoms with Crippen LogP contribution >= 0.6 is 0 Å². The van der Waals surface area contributed by atoms with Crippen molar-refractivity contribution in [2.45, 2.75) is 77.0 Å². The maximum atomic E-state index is 5.42. The van der Waals surface area contributed by atoms with E-state index in [-0.39, 0.29) is 0 Å². The zero-order valence-electron chi connectivity index (χ0n) is 27.4. The molecule has 2 saturated carbocycles. The van der Waals surface area contributed by atoms with Gasteiger partial charge in [0.15, 0.2) is 0 Å². The summed E-state index contributed by atoms with van der Waals surface area (Å²) in [6.07, 6.45) is 4.64. The van der Waals surface area contributed by atoms with Gasteiger partial charge >= 0.3 is 0 Å². The predicted molar refractivity (Wildman–Crippen MR) is 186 cm³/mol. The number of nitrogens with zero attached hydrogens (tertiary/aromatic N) is 3. The molecule has 0 spiro atoms. The van der Waals surface area contributed by atoms with E-state index in [4.69, 9.17) is 15.0 Å². The van der Waals surface area contributed by atoms with E-state index in [2.05, 4.69) is 131 Å². The van der Waals surface area contributed by atoms with Gasteiger partial charge in [0.05, 0.1) is 22.8 Å². The van der Waals surface area contributed by atoms with Crippen molar-refractivity contribution in [1.29, 1.82) is 0 Å². The van der Waals surface area contributed by atoms with Crippen LogP contribution in [0.5, 0.6) is 0 Å². The van der Waals surface area contributed by atoms with Gasteiger partial charge in [-0.1, -0.05) is 107 Å². The zero-order valence-corrected chi connectivity index (χ0v) is 27.4. The molecule has 0 unspecified atom stereocenters. The topological polar surface area (TPSA) is 38.7 Å². The first-order valence-corrected chi connectivity index (χ1v) is 17.4. The van der Waals surface area contributed by atoms with Crippen LogP contribution in [0.15, 0.2) is 103 Å². The third-order valence-electron chi connectivity index (χ3n) is 12.9. The first-order chi connectivity index (χ1) is 22.3. The van der Waals surface area contributed by atoms with Crippen molar-refractivity contribution >= 4 is 0 Å². The molecule has 3 heterocycles. The molecule has 230 valence electrons. The first kappa shape index (κ1) is 28.1. The van der Waals surface area contributed by atoms with Crippen LogP contribution in [0.4, 0.5) is 0 Å². The Morgan fingerprint density at radius 2 is 0.891 bits per heavy atom. The molecule has 0 amide bonds. The number of rotatable bonds is 6. The quantitative estimate of drug-likeness (QED) is 0.194. The molecule has 0 N–H and O–H groups in total. The number of hydrogen-bond donors (Lipinski definition) is 0. The molecule has 3 aromatic heterocycles. The Morgan fingerprint density at radius 3 is 1.30 bits per heavy atom. The Labute approximate surface area is 273 Å². The van der Waals surface area contributed by atoms with Crippen LogP contribution in [0.25, 0.3) is 22.8 Å². The number of pyridine rings is 3. The van der Waals surface area contributed by atoms with Crippen molar-refractivity contribution in [1.82, 2.24) is 15.0 Å². The zero-order chi connectivity index (χ0) is 31.2. The van der Waals surface area contributed by atoms with E-state index in [9.17, 15) is 0 Å². The van der Waals surface area contributed by atoms with Gasteiger partial charge in [0.2, 0.25) is 0 Å². The summed E-state index contributed by atoms with van der Waals surface area (Å²) in [7, 11) is 0. The Hall–Kier alpha value is -4.11. The SMILES string of the molecule is CC1(C)[C@@H]2C[C@H]1c1ccc(-c3cccc(-c4ccc5c(n4)[C@@H](Cc4ccccc4)[C@H]4C[C@@H]5C4(C)C)n3)nc1[C@H]2Cc1ccccc1. The minimum atomic E-state index is 0.320. The van der Waals surface area contributed by atoms with Gasteiger partial charge in [0.1, 0.15) is 0 Å². The molecule has 6 atom stereocenters. The van der Waals surface area contributed by atoms with Crippen molar-refractivity contribution in [3.05, 3.63) is 137 Å². The minimum Gasteiger partial charge on any atom is -0.251 e. The van der Waals surface area contributed by atoms with Crippen LogP contribution < -0.4 is 0 Å². The van der Waals surface area contributed by atoms with Crippen LogP contribution in [-0.2, 0) is 12.8 Å². The van der Waals surface area contributed by atoms with Gasteiger partial charge in [-0.2, -0.15) is 0 Å². The summed E-state index contributed by atoms with van der Waals surface area (Å²) in [5.74, 6) is 3.37. The van der Waals surface area contributed by atoms with E-state index < -0.39 is 0 Å². The molecule has 3 heteroatoms. The van der Waals surface area contributed by atoms with Crippen molar-refractivity contribution in [2.24, 2.45) is 22.7 Å². The van der Waals surface area contributed by atoms with Gasteiger partial charge in [-0.3, -0.25) is 9.97 Å². The molecule has 0 saturated heterocycles. The fourth-order valence-electron chi connectivity index (χ4n) is 10.1. The molecule has 2 aromatic carbocycles. The van der Waals surface area contributed by atoms with Gasteiger partial charge in [0, 0.05) is 23.2 Å². The average Bonchev–Trinajstić information content (AvgIpc) is 3.08. The molecule has 0 radical (unpaired) electrons. The normalized spacial score (nSPS) is 27.5. The lowest BCUT2D eigenvalue weighted by atomic mass is 9.44.